The van der Waals surface area contributed by atoms with Gasteiger partial charge in [0.15, 0.2) is 0 Å². The van der Waals surface area contributed by atoms with Crippen LogP contribution in [0.4, 0.5) is 11.4 Å². The van der Waals surface area contributed by atoms with Crippen LogP contribution in [0.3, 0.4) is 0 Å². The van der Waals surface area contributed by atoms with Gasteiger partial charge in [0, 0.05) is 6.04 Å². The maximum absolute atomic E-state index is 6.08. The molecule has 2 aromatic carbocycles. The second kappa shape index (κ2) is 5.13. The van der Waals surface area contributed by atoms with Crippen molar-refractivity contribution in [2.45, 2.75) is 26.8 Å². The number of rotatable bonds is 3. The van der Waals surface area contributed by atoms with Gasteiger partial charge >= 0.3 is 0 Å². The molecule has 2 rings (SSSR count). The standard InChI is InChI=1S/C16H20N2/c1-11-7-4-5-9-14(11)13(3)18-15-10-6-8-12(2)16(15)17/h4-10,13,18H,17H2,1-3H3. The zero-order chi connectivity index (χ0) is 13.1. The molecule has 0 saturated heterocycles. The SMILES string of the molecule is Cc1ccccc1C(C)Nc1cccc(C)c1N. The number of benzene rings is 2. The van der Waals surface area contributed by atoms with E-state index in [2.05, 4.69) is 43.4 Å². The predicted molar refractivity (Wildman–Crippen MR) is 78.8 cm³/mol. The zero-order valence-electron chi connectivity index (χ0n) is 11.2. The number of nitrogen functional groups attached to an aromatic ring is 1. The Bertz CT molecular complexity index is 547. The molecular weight excluding hydrogens is 220 g/mol. The Kier molecular flexibility index (Phi) is 3.56. The highest BCUT2D eigenvalue weighted by Crippen LogP contribution is 2.27. The molecule has 0 radical (unpaired) electrons. The van der Waals surface area contributed by atoms with E-state index < -0.39 is 0 Å². The molecule has 0 aliphatic carbocycles. The lowest BCUT2D eigenvalue weighted by Gasteiger charge is -2.19. The molecule has 2 aromatic rings. The Labute approximate surface area is 109 Å². The van der Waals surface area contributed by atoms with E-state index in [4.69, 9.17) is 5.73 Å². The summed E-state index contributed by atoms with van der Waals surface area (Å²) in [5.74, 6) is 0. The quantitative estimate of drug-likeness (QED) is 0.794. The summed E-state index contributed by atoms with van der Waals surface area (Å²) in [5.41, 5.74) is 11.6. The summed E-state index contributed by atoms with van der Waals surface area (Å²) in [7, 11) is 0. The van der Waals surface area contributed by atoms with Crippen LogP contribution in [-0.2, 0) is 0 Å². The molecule has 94 valence electrons. The fourth-order valence-corrected chi connectivity index (χ4v) is 2.19. The van der Waals surface area contributed by atoms with E-state index in [0.29, 0.717) is 0 Å². The Morgan fingerprint density at radius 1 is 0.944 bits per heavy atom. The van der Waals surface area contributed by atoms with Gasteiger partial charge in [-0.25, -0.2) is 0 Å². The molecule has 2 heteroatoms. The number of hydrogen-bond donors (Lipinski definition) is 2. The van der Waals surface area contributed by atoms with E-state index in [-0.39, 0.29) is 6.04 Å². The van der Waals surface area contributed by atoms with Crippen LogP contribution in [-0.4, -0.2) is 0 Å². The lowest BCUT2D eigenvalue weighted by Crippen LogP contribution is -2.10. The Balaban J connectivity index is 2.24. The van der Waals surface area contributed by atoms with Gasteiger partial charge < -0.3 is 11.1 Å². The van der Waals surface area contributed by atoms with Crippen LogP contribution in [0.5, 0.6) is 0 Å². The van der Waals surface area contributed by atoms with Crippen LogP contribution in [0.15, 0.2) is 42.5 Å². The largest absolute Gasteiger partial charge is 0.397 e. The normalized spacial score (nSPS) is 12.2. The number of nitrogens with two attached hydrogens (primary N) is 1. The van der Waals surface area contributed by atoms with Crippen molar-refractivity contribution < 1.29 is 0 Å². The highest BCUT2D eigenvalue weighted by atomic mass is 14.9. The summed E-state index contributed by atoms with van der Waals surface area (Å²) in [6.07, 6.45) is 0. The van der Waals surface area contributed by atoms with E-state index >= 15 is 0 Å². The lowest BCUT2D eigenvalue weighted by atomic mass is 10.0. The Hall–Kier alpha value is -1.96. The summed E-state index contributed by atoms with van der Waals surface area (Å²) in [4.78, 5) is 0. The average Bonchev–Trinajstić information content (AvgIpc) is 2.35. The first-order valence-electron chi connectivity index (χ1n) is 6.26. The first kappa shape index (κ1) is 12.5. The maximum atomic E-state index is 6.08. The summed E-state index contributed by atoms with van der Waals surface area (Å²) >= 11 is 0. The third-order valence-electron chi connectivity index (χ3n) is 3.35. The summed E-state index contributed by atoms with van der Waals surface area (Å²) in [5, 5.41) is 3.48. The average molecular weight is 240 g/mol. The van der Waals surface area contributed by atoms with Crippen molar-refractivity contribution in [2.24, 2.45) is 0 Å². The minimum absolute atomic E-state index is 0.246. The van der Waals surface area contributed by atoms with E-state index in [1.807, 2.05) is 25.1 Å². The highest BCUT2D eigenvalue weighted by Gasteiger charge is 2.09. The fraction of sp³-hybridized carbons (Fsp3) is 0.250. The van der Waals surface area contributed by atoms with Crippen molar-refractivity contribution in [3.05, 3.63) is 59.2 Å². The van der Waals surface area contributed by atoms with Gasteiger partial charge in [-0.3, -0.25) is 0 Å². The van der Waals surface area contributed by atoms with E-state index in [9.17, 15) is 0 Å². The molecule has 0 aliphatic rings. The van der Waals surface area contributed by atoms with Crippen LogP contribution >= 0.6 is 0 Å². The van der Waals surface area contributed by atoms with Crippen molar-refractivity contribution in [3.8, 4) is 0 Å². The fourth-order valence-electron chi connectivity index (χ4n) is 2.19. The molecule has 2 nitrogen and oxygen atoms in total. The van der Waals surface area contributed by atoms with E-state index in [0.717, 1.165) is 16.9 Å². The van der Waals surface area contributed by atoms with Crippen molar-refractivity contribution >= 4 is 11.4 Å². The number of hydrogen-bond acceptors (Lipinski definition) is 2. The second-order valence-corrected chi connectivity index (χ2v) is 4.76. The monoisotopic (exact) mass is 240 g/mol. The van der Waals surface area contributed by atoms with Crippen LogP contribution in [0.2, 0.25) is 0 Å². The van der Waals surface area contributed by atoms with E-state index in [1.54, 1.807) is 0 Å². The first-order chi connectivity index (χ1) is 8.59. The predicted octanol–water partition coefficient (Wildman–Crippen LogP) is 4.06. The van der Waals surface area contributed by atoms with Crippen LogP contribution in [0.1, 0.15) is 29.7 Å². The number of para-hydroxylation sites is 1. The summed E-state index contributed by atoms with van der Waals surface area (Å²) < 4.78 is 0. The molecule has 1 atom stereocenters. The zero-order valence-corrected chi connectivity index (χ0v) is 11.2. The molecule has 0 heterocycles. The Morgan fingerprint density at radius 2 is 1.61 bits per heavy atom. The smallest absolute Gasteiger partial charge is 0.0581 e. The number of aryl methyl sites for hydroxylation is 2. The molecule has 0 spiro atoms. The topological polar surface area (TPSA) is 38.0 Å². The lowest BCUT2D eigenvalue weighted by molar-refractivity contribution is 0.874. The van der Waals surface area contributed by atoms with Crippen molar-refractivity contribution in [3.63, 3.8) is 0 Å². The minimum Gasteiger partial charge on any atom is -0.397 e. The molecule has 18 heavy (non-hydrogen) atoms. The Morgan fingerprint density at radius 3 is 2.33 bits per heavy atom. The van der Waals surface area contributed by atoms with Crippen molar-refractivity contribution in [1.29, 1.82) is 0 Å². The highest BCUT2D eigenvalue weighted by molar-refractivity contribution is 5.70. The van der Waals surface area contributed by atoms with Gasteiger partial charge in [-0.15, -0.1) is 0 Å². The van der Waals surface area contributed by atoms with Crippen LogP contribution in [0, 0.1) is 13.8 Å². The minimum atomic E-state index is 0.246. The van der Waals surface area contributed by atoms with Gasteiger partial charge in [-0.1, -0.05) is 36.4 Å². The molecular formula is C16H20N2. The third kappa shape index (κ3) is 2.48. The molecule has 1 unspecified atom stereocenters. The molecule has 0 aliphatic heterocycles. The summed E-state index contributed by atoms with van der Waals surface area (Å²) in [6.45, 7) is 6.32. The molecule has 0 aromatic heterocycles. The van der Waals surface area contributed by atoms with Gasteiger partial charge in [-0.2, -0.15) is 0 Å². The van der Waals surface area contributed by atoms with Crippen LogP contribution < -0.4 is 11.1 Å². The van der Waals surface area contributed by atoms with Crippen LogP contribution in [0.25, 0.3) is 0 Å². The molecule has 0 bridgehead atoms. The van der Waals surface area contributed by atoms with Gasteiger partial charge in [0.1, 0.15) is 0 Å². The van der Waals surface area contributed by atoms with Crippen molar-refractivity contribution in [1.82, 2.24) is 0 Å². The third-order valence-corrected chi connectivity index (χ3v) is 3.35. The van der Waals surface area contributed by atoms with Crippen molar-refractivity contribution in [2.75, 3.05) is 11.1 Å². The van der Waals surface area contributed by atoms with E-state index in [1.165, 1.54) is 11.1 Å². The van der Waals surface area contributed by atoms with Gasteiger partial charge in [0.05, 0.1) is 11.4 Å². The first-order valence-corrected chi connectivity index (χ1v) is 6.26. The molecule has 0 saturated carbocycles. The summed E-state index contributed by atoms with van der Waals surface area (Å²) in [6, 6.07) is 14.7. The van der Waals surface area contributed by atoms with Gasteiger partial charge in [-0.05, 0) is 43.5 Å². The molecule has 0 fully saturated rings. The maximum Gasteiger partial charge on any atom is 0.0581 e. The molecule has 3 N–H and O–H groups in total. The number of anilines is 2. The molecule has 0 amide bonds. The second-order valence-electron chi connectivity index (χ2n) is 4.76. The van der Waals surface area contributed by atoms with Gasteiger partial charge in [0.2, 0.25) is 0 Å². The van der Waals surface area contributed by atoms with Gasteiger partial charge in [0.25, 0.3) is 0 Å². The number of nitrogens with one attached hydrogen (secondary N) is 1.